The van der Waals surface area contributed by atoms with Gasteiger partial charge in [0.15, 0.2) is 0 Å². The summed E-state index contributed by atoms with van der Waals surface area (Å²) >= 11 is 1.80. The lowest BCUT2D eigenvalue weighted by Crippen LogP contribution is -2.15. The van der Waals surface area contributed by atoms with Gasteiger partial charge in [-0.1, -0.05) is 0 Å². The fraction of sp³-hybridized carbons (Fsp3) is 0.556. The Labute approximate surface area is 105 Å². The highest BCUT2D eigenvalue weighted by Crippen LogP contribution is 2.29. The first-order valence-electron chi connectivity index (χ1n) is 4.59. The number of aliphatic carboxylic acids is 1. The van der Waals surface area contributed by atoms with Crippen molar-refractivity contribution >= 4 is 28.6 Å². The van der Waals surface area contributed by atoms with Crippen molar-refractivity contribution in [1.29, 1.82) is 0 Å². The summed E-state index contributed by atoms with van der Waals surface area (Å²) in [6.45, 7) is 3.18. The van der Waals surface area contributed by atoms with Crippen molar-refractivity contribution < 1.29 is 18.7 Å². The van der Waals surface area contributed by atoms with Crippen LogP contribution in [-0.2, 0) is 4.79 Å². The minimum Gasteiger partial charge on any atom is -0.481 e. The van der Waals surface area contributed by atoms with E-state index in [1.807, 2.05) is 0 Å². The molecule has 1 aromatic heterocycles. The molecule has 0 bridgehead atoms. The second-order valence-corrected chi connectivity index (χ2v) is 4.56. The monoisotopic (exact) mass is 344 g/mol. The molecule has 7 heteroatoms. The van der Waals surface area contributed by atoms with Gasteiger partial charge < -0.3 is 5.11 Å². The minimum absolute atomic E-state index is 0.202. The van der Waals surface area contributed by atoms with Crippen molar-refractivity contribution in [3.05, 3.63) is 15.0 Å². The molecule has 0 saturated carbocycles. The lowest BCUT2D eigenvalue weighted by atomic mass is 10.2. The number of nitrogens with zero attached hydrogens (tertiary/aromatic N) is 2. The SMILES string of the molecule is Cc1nn([C@@H](C)CC(=O)O)c(C(F)F)c1I. The zero-order valence-corrected chi connectivity index (χ0v) is 10.9. The number of halogens is 3. The average Bonchev–Trinajstić information content (AvgIpc) is 2.42. The largest absolute Gasteiger partial charge is 0.481 e. The van der Waals surface area contributed by atoms with Gasteiger partial charge in [0, 0.05) is 0 Å². The summed E-state index contributed by atoms with van der Waals surface area (Å²) in [5.74, 6) is -1.03. The van der Waals surface area contributed by atoms with E-state index in [2.05, 4.69) is 5.10 Å². The van der Waals surface area contributed by atoms with E-state index >= 15 is 0 Å². The molecule has 0 unspecified atom stereocenters. The summed E-state index contributed by atoms with van der Waals surface area (Å²) in [5, 5.41) is 12.6. The molecule has 1 aromatic rings. The number of rotatable bonds is 4. The first-order chi connectivity index (χ1) is 7.34. The van der Waals surface area contributed by atoms with E-state index in [9.17, 15) is 13.6 Å². The molecule has 0 aromatic carbocycles. The Morgan fingerprint density at radius 2 is 2.19 bits per heavy atom. The van der Waals surface area contributed by atoms with E-state index in [0.717, 1.165) is 4.68 Å². The molecule has 0 aliphatic rings. The smallest absolute Gasteiger partial charge is 0.305 e. The van der Waals surface area contributed by atoms with Crippen molar-refractivity contribution in [3.63, 3.8) is 0 Å². The van der Waals surface area contributed by atoms with Gasteiger partial charge in [-0.2, -0.15) is 5.10 Å². The topological polar surface area (TPSA) is 55.1 Å². The van der Waals surface area contributed by atoms with Gasteiger partial charge in [-0.25, -0.2) is 8.78 Å². The van der Waals surface area contributed by atoms with Crippen LogP contribution in [0.25, 0.3) is 0 Å². The maximum absolute atomic E-state index is 12.8. The molecule has 0 fully saturated rings. The molecule has 0 saturated heterocycles. The van der Waals surface area contributed by atoms with Crippen molar-refractivity contribution in [2.24, 2.45) is 0 Å². The third-order valence-electron chi connectivity index (χ3n) is 2.14. The summed E-state index contributed by atoms with van der Waals surface area (Å²) in [5.41, 5.74) is 0.292. The zero-order chi connectivity index (χ0) is 12.5. The molecule has 1 N–H and O–H groups in total. The van der Waals surface area contributed by atoms with Gasteiger partial charge in [0.25, 0.3) is 6.43 Å². The van der Waals surface area contributed by atoms with Gasteiger partial charge in [0.1, 0.15) is 5.69 Å². The van der Waals surface area contributed by atoms with E-state index in [1.165, 1.54) is 0 Å². The predicted octanol–water partition coefficient (Wildman–Crippen LogP) is 2.77. The summed E-state index contributed by atoms with van der Waals surface area (Å²) in [6, 6.07) is -0.580. The number of hydrogen-bond donors (Lipinski definition) is 1. The Morgan fingerprint density at radius 3 is 2.62 bits per heavy atom. The van der Waals surface area contributed by atoms with Crippen LogP contribution in [-0.4, -0.2) is 20.9 Å². The number of aromatic nitrogens is 2. The predicted molar refractivity (Wildman–Crippen MR) is 61.6 cm³/mol. The van der Waals surface area contributed by atoms with Crippen molar-refractivity contribution in [3.8, 4) is 0 Å². The van der Waals surface area contributed by atoms with Gasteiger partial charge in [-0.3, -0.25) is 9.48 Å². The second-order valence-electron chi connectivity index (χ2n) is 3.48. The van der Waals surface area contributed by atoms with Gasteiger partial charge in [0.2, 0.25) is 0 Å². The Balaban J connectivity index is 3.12. The summed E-state index contributed by atoms with van der Waals surface area (Å²) in [6.07, 6.45) is -2.87. The Kier molecular flexibility index (Phi) is 4.22. The van der Waals surface area contributed by atoms with Crippen LogP contribution in [0.4, 0.5) is 8.78 Å². The number of carboxylic acid groups (broad SMARTS) is 1. The third kappa shape index (κ3) is 2.69. The van der Waals surface area contributed by atoms with E-state index in [4.69, 9.17) is 5.11 Å². The molecule has 0 aliphatic heterocycles. The molecular formula is C9H11F2IN2O2. The Hall–Kier alpha value is -0.730. The van der Waals surface area contributed by atoms with E-state index in [0.29, 0.717) is 9.26 Å². The number of aryl methyl sites for hydroxylation is 1. The van der Waals surface area contributed by atoms with Crippen LogP contribution in [0.15, 0.2) is 0 Å². The quantitative estimate of drug-likeness (QED) is 0.855. The Morgan fingerprint density at radius 1 is 1.62 bits per heavy atom. The van der Waals surface area contributed by atoms with Crippen molar-refractivity contribution in [2.45, 2.75) is 32.7 Å². The van der Waals surface area contributed by atoms with E-state index in [1.54, 1.807) is 36.4 Å². The van der Waals surface area contributed by atoms with Gasteiger partial charge in [-0.05, 0) is 36.4 Å². The molecule has 90 valence electrons. The van der Waals surface area contributed by atoms with Crippen LogP contribution in [0, 0.1) is 10.5 Å². The number of carboxylic acids is 1. The molecule has 0 radical (unpaired) electrons. The number of alkyl halides is 2. The summed E-state index contributed by atoms with van der Waals surface area (Å²) in [7, 11) is 0. The molecule has 16 heavy (non-hydrogen) atoms. The minimum atomic E-state index is -2.65. The molecule has 0 spiro atoms. The molecular weight excluding hydrogens is 333 g/mol. The highest BCUT2D eigenvalue weighted by atomic mass is 127. The number of carbonyl (C=O) groups is 1. The van der Waals surface area contributed by atoms with E-state index < -0.39 is 18.4 Å². The second kappa shape index (κ2) is 5.07. The molecule has 0 amide bonds. The first kappa shape index (κ1) is 13.3. The van der Waals surface area contributed by atoms with Gasteiger partial charge in [-0.15, -0.1) is 0 Å². The first-order valence-corrected chi connectivity index (χ1v) is 5.67. The maximum Gasteiger partial charge on any atom is 0.305 e. The lowest BCUT2D eigenvalue weighted by molar-refractivity contribution is -0.137. The highest BCUT2D eigenvalue weighted by Gasteiger charge is 2.24. The van der Waals surface area contributed by atoms with Crippen LogP contribution in [0.1, 0.15) is 37.2 Å². The molecule has 1 atom stereocenters. The fourth-order valence-corrected chi connectivity index (χ4v) is 2.01. The normalized spacial score (nSPS) is 13.1. The van der Waals surface area contributed by atoms with E-state index in [-0.39, 0.29) is 12.1 Å². The Bertz CT molecular complexity index is 406. The summed E-state index contributed by atoms with van der Waals surface area (Å²) in [4.78, 5) is 10.5. The van der Waals surface area contributed by atoms with Crippen molar-refractivity contribution in [2.75, 3.05) is 0 Å². The maximum atomic E-state index is 12.8. The van der Waals surface area contributed by atoms with Crippen LogP contribution in [0.5, 0.6) is 0 Å². The van der Waals surface area contributed by atoms with Gasteiger partial charge in [0.05, 0.1) is 21.7 Å². The standard InChI is InChI=1S/C9H11F2IN2O2/c1-4(3-6(15)16)14-8(9(10)11)7(12)5(2)13-14/h4,9H,3H2,1-2H3,(H,15,16)/t4-/m0/s1. The van der Waals surface area contributed by atoms with Crippen LogP contribution >= 0.6 is 22.6 Å². The average molecular weight is 344 g/mol. The zero-order valence-electron chi connectivity index (χ0n) is 8.75. The molecule has 4 nitrogen and oxygen atoms in total. The lowest BCUT2D eigenvalue weighted by Gasteiger charge is -2.13. The molecule has 1 rings (SSSR count). The fourth-order valence-electron chi connectivity index (χ4n) is 1.42. The van der Waals surface area contributed by atoms with Crippen molar-refractivity contribution in [1.82, 2.24) is 9.78 Å². The molecule has 0 aliphatic carbocycles. The van der Waals surface area contributed by atoms with Crippen LogP contribution < -0.4 is 0 Å². The summed E-state index contributed by atoms with van der Waals surface area (Å²) < 4.78 is 27.1. The number of hydrogen-bond acceptors (Lipinski definition) is 2. The highest BCUT2D eigenvalue weighted by molar-refractivity contribution is 14.1. The van der Waals surface area contributed by atoms with Crippen LogP contribution in [0.3, 0.4) is 0 Å². The third-order valence-corrected chi connectivity index (χ3v) is 3.47. The van der Waals surface area contributed by atoms with Crippen LogP contribution in [0.2, 0.25) is 0 Å². The molecule has 1 heterocycles. The van der Waals surface area contributed by atoms with Gasteiger partial charge >= 0.3 is 5.97 Å².